The molecule has 0 amide bonds. The van der Waals surface area contributed by atoms with Crippen molar-refractivity contribution in [2.45, 2.75) is 20.3 Å². The summed E-state index contributed by atoms with van der Waals surface area (Å²) >= 11 is 0. The molecule has 0 radical (unpaired) electrons. The van der Waals surface area contributed by atoms with Gasteiger partial charge in [0, 0.05) is 19.2 Å². The fraction of sp³-hybridized carbons (Fsp3) is 0.500. The second-order valence-corrected chi connectivity index (χ2v) is 4.62. The average molecular weight is 280 g/mol. The largest absolute Gasteiger partial charge is 0.469 e. The minimum Gasteiger partial charge on any atom is -0.469 e. The molecule has 0 bridgehead atoms. The van der Waals surface area contributed by atoms with E-state index >= 15 is 0 Å². The van der Waals surface area contributed by atoms with E-state index in [0.717, 1.165) is 6.42 Å². The number of nitro groups is 1. The first-order valence-electron chi connectivity index (χ1n) is 6.57. The van der Waals surface area contributed by atoms with E-state index in [4.69, 9.17) is 4.74 Å². The van der Waals surface area contributed by atoms with Gasteiger partial charge in [0.15, 0.2) is 0 Å². The van der Waals surface area contributed by atoms with Crippen LogP contribution in [0.15, 0.2) is 24.3 Å². The molecule has 0 aliphatic heterocycles. The van der Waals surface area contributed by atoms with Crippen LogP contribution in [0.4, 0.5) is 11.4 Å². The maximum atomic E-state index is 11.5. The van der Waals surface area contributed by atoms with Crippen molar-refractivity contribution in [2.75, 3.05) is 25.1 Å². The number of carbonyl (C=O) groups excluding carboxylic acids is 1. The maximum absolute atomic E-state index is 11.5. The number of benzene rings is 1. The Morgan fingerprint density at radius 1 is 1.45 bits per heavy atom. The number of ether oxygens (including phenoxy) is 1. The minimum atomic E-state index is -0.402. The Labute approximate surface area is 118 Å². The fourth-order valence-electron chi connectivity index (χ4n) is 2.07. The van der Waals surface area contributed by atoms with Gasteiger partial charge < -0.3 is 9.64 Å². The third-order valence-electron chi connectivity index (χ3n) is 3.01. The molecule has 20 heavy (non-hydrogen) atoms. The van der Waals surface area contributed by atoms with Gasteiger partial charge in [-0.05, 0) is 12.5 Å². The van der Waals surface area contributed by atoms with Gasteiger partial charge in [0.2, 0.25) is 0 Å². The van der Waals surface area contributed by atoms with Crippen LogP contribution < -0.4 is 4.90 Å². The van der Waals surface area contributed by atoms with Gasteiger partial charge in [-0.15, -0.1) is 0 Å². The molecular formula is C14H20N2O4. The van der Waals surface area contributed by atoms with Gasteiger partial charge in [0.25, 0.3) is 5.69 Å². The van der Waals surface area contributed by atoms with Crippen molar-refractivity contribution in [3.8, 4) is 0 Å². The zero-order chi connectivity index (χ0) is 15.1. The Morgan fingerprint density at radius 2 is 2.10 bits per heavy atom. The van der Waals surface area contributed by atoms with Crippen molar-refractivity contribution in [3.63, 3.8) is 0 Å². The highest BCUT2D eigenvalue weighted by atomic mass is 16.6. The molecule has 0 saturated heterocycles. The first kappa shape index (κ1) is 15.9. The van der Waals surface area contributed by atoms with Gasteiger partial charge in [-0.1, -0.05) is 26.0 Å². The number of rotatable bonds is 7. The van der Waals surface area contributed by atoms with E-state index in [1.165, 1.54) is 13.2 Å². The lowest BCUT2D eigenvalue weighted by atomic mass is 10.1. The molecule has 1 unspecified atom stereocenters. The molecule has 1 atom stereocenters. The molecular weight excluding hydrogens is 260 g/mol. The number of hydrogen-bond donors (Lipinski definition) is 0. The summed E-state index contributed by atoms with van der Waals surface area (Å²) in [5, 5.41) is 11.1. The Bertz CT molecular complexity index is 476. The van der Waals surface area contributed by atoms with E-state index in [1.807, 2.05) is 11.8 Å². The summed E-state index contributed by atoms with van der Waals surface area (Å²) in [4.78, 5) is 24.1. The summed E-state index contributed by atoms with van der Waals surface area (Å²) in [5.41, 5.74) is 0.591. The van der Waals surface area contributed by atoms with Crippen LogP contribution >= 0.6 is 0 Å². The molecule has 0 aromatic heterocycles. The summed E-state index contributed by atoms with van der Waals surface area (Å²) in [7, 11) is 1.34. The van der Waals surface area contributed by atoms with Crippen LogP contribution in [-0.4, -0.2) is 31.1 Å². The van der Waals surface area contributed by atoms with Crippen LogP contribution in [0.25, 0.3) is 0 Å². The zero-order valence-corrected chi connectivity index (χ0v) is 12.0. The van der Waals surface area contributed by atoms with Crippen molar-refractivity contribution < 1.29 is 14.5 Å². The number of nitrogens with zero attached hydrogens (tertiary/aromatic N) is 2. The molecule has 1 rings (SSSR count). The zero-order valence-electron chi connectivity index (χ0n) is 12.0. The number of methoxy groups -OCH3 is 1. The molecule has 0 N–H and O–H groups in total. The summed E-state index contributed by atoms with van der Waals surface area (Å²) in [5.74, 6) is -0.656. The summed E-state index contributed by atoms with van der Waals surface area (Å²) in [6, 6.07) is 6.57. The Morgan fingerprint density at radius 3 is 2.65 bits per heavy atom. The molecule has 6 nitrogen and oxygen atoms in total. The summed E-state index contributed by atoms with van der Waals surface area (Å²) in [6.07, 6.45) is 0.833. The normalized spacial score (nSPS) is 11.8. The van der Waals surface area contributed by atoms with Gasteiger partial charge >= 0.3 is 5.97 Å². The molecule has 1 aromatic rings. The summed E-state index contributed by atoms with van der Waals surface area (Å²) in [6.45, 7) is 4.78. The lowest BCUT2D eigenvalue weighted by Gasteiger charge is -2.26. The first-order valence-corrected chi connectivity index (χ1v) is 6.57. The van der Waals surface area contributed by atoms with Crippen molar-refractivity contribution >= 4 is 17.3 Å². The first-order chi connectivity index (χ1) is 9.51. The molecule has 0 heterocycles. The maximum Gasteiger partial charge on any atom is 0.310 e. The molecule has 110 valence electrons. The van der Waals surface area contributed by atoms with Crippen molar-refractivity contribution in [3.05, 3.63) is 34.4 Å². The highest BCUT2D eigenvalue weighted by Gasteiger charge is 2.22. The second kappa shape index (κ2) is 7.47. The standard InChI is InChI=1S/C14H20N2O4/c1-4-9-15(10-11(2)14(17)20-3)12-7-5-6-8-13(12)16(18)19/h5-8,11H,4,9-10H2,1-3H3. The number of carbonyl (C=O) groups is 1. The van der Waals surface area contributed by atoms with Crippen LogP contribution in [0.3, 0.4) is 0 Å². The van der Waals surface area contributed by atoms with Gasteiger partial charge in [-0.3, -0.25) is 14.9 Å². The van der Waals surface area contributed by atoms with E-state index in [2.05, 4.69) is 0 Å². The van der Waals surface area contributed by atoms with Crippen molar-refractivity contribution in [1.29, 1.82) is 0 Å². The average Bonchev–Trinajstić information content (AvgIpc) is 2.45. The van der Waals surface area contributed by atoms with Gasteiger partial charge in [0.1, 0.15) is 5.69 Å². The Hall–Kier alpha value is -2.11. The SMILES string of the molecule is CCCN(CC(C)C(=O)OC)c1ccccc1[N+](=O)[O-]. The Kier molecular flexibility index (Phi) is 5.96. The molecule has 6 heteroatoms. The third kappa shape index (κ3) is 3.94. The highest BCUT2D eigenvalue weighted by molar-refractivity contribution is 5.73. The lowest BCUT2D eigenvalue weighted by Crippen LogP contribution is -2.33. The van der Waals surface area contributed by atoms with Crippen LogP contribution in [0.5, 0.6) is 0 Å². The molecule has 0 aliphatic rings. The van der Waals surface area contributed by atoms with Crippen LogP contribution in [-0.2, 0) is 9.53 Å². The molecule has 0 spiro atoms. The van der Waals surface area contributed by atoms with E-state index in [1.54, 1.807) is 25.1 Å². The highest BCUT2D eigenvalue weighted by Crippen LogP contribution is 2.28. The lowest BCUT2D eigenvalue weighted by molar-refractivity contribution is -0.384. The van der Waals surface area contributed by atoms with E-state index in [-0.39, 0.29) is 17.6 Å². The minimum absolute atomic E-state index is 0.0537. The van der Waals surface area contributed by atoms with E-state index in [0.29, 0.717) is 18.8 Å². The quantitative estimate of drug-likeness (QED) is 0.436. The van der Waals surface area contributed by atoms with E-state index in [9.17, 15) is 14.9 Å². The molecule has 0 aliphatic carbocycles. The van der Waals surface area contributed by atoms with Crippen LogP contribution in [0.1, 0.15) is 20.3 Å². The number of hydrogen-bond acceptors (Lipinski definition) is 5. The molecule has 0 fully saturated rings. The second-order valence-electron chi connectivity index (χ2n) is 4.62. The number of esters is 1. The number of anilines is 1. The topological polar surface area (TPSA) is 72.7 Å². The fourth-order valence-corrected chi connectivity index (χ4v) is 2.07. The van der Waals surface area contributed by atoms with Gasteiger partial charge in [-0.2, -0.15) is 0 Å². The molecule has 0 saturated carbocycles. The number of nitro benzene ring substituents is 1. The predicted octanol–water partition coefficient (Wildman–Crippen LogP) is 2.62. The van der Waals surface area contributed by atoms with Crippen LogP contribution in [0, 0.1) is 16.0 Å². The van der Waals surface area contributed by atoms with Crippen LogP contribution in [0.2, 0.25) is 0 Å². The Balaban J connectivity index is 3.02. The van der Waals surface area contributed by atoms with Gasteiger partial charge in [-0.25, -0.2) is 0 Å². The van der Waals surface area contributed by atoms with Crippen molar-refractivity contribution in [1.82, 2.24) is 0 Å². The van der Waals surface area contributed by atoms with Gasteiger partial charge in [0.05, 0.1) is 18.0 Å². The monoisotopic (exact) mass is 280 g/mol. The van der Waals surface area contributed by atoms with Crippen molar-refractivity contribution in [2.24, 2.45) is 5.92 Å². The third-order valence-corrected chi connectivity index (χ3v) is 3.01. The smallest absolute Gasteiger partial charge is 0.310 e. The number of para-hydroxylation sites is 2. The predicted molar refractivity (Wildman–Crippen MR) is 76.8 cm³/mol. The van der Waals surface area contributed by atoms with E-state index < -0.39 is 4.92 Å². The summed E-state index contributed by atoms with van der Waals surface area (Å²) < 4.78 is 4.71. The molecule has 1 aromatic carbocycles.